The predicted molar refractivity (Wildman–Crippen MR) is 153 cm³/mol. The summed E-state index contributed by atoms with van der Waals surface area (Å²) >= 11 is 0. The Bertz CT molecular complexity index is 1700. The predicted octanol–water partition coefficient (Wildman–Crippen LogP) is 6.08. The SMILES string of the molecule is C[C@@H](CC1(C)CC(NC(=O)c2cc3cc(OCc4ccccc4)ccc3[nH]2)C1)c1n[nH]c(=O)c2ccccc12. The van der Waals surface area contributed by atoms with Gasteiger partial charge in [-0.1, -0.05) is 62.4 Å². The maximum atomic E-state index is 13.0. The van der Waals surface area contributed by atoms with E-state index < -0.39 is 0 Å². The first-order valence-electron chi connectivity index (χ1n) is 13.4. The summed E-state index contributed by atoms with van der Waals surface area (Å²) in [4.78, 5) is 28.4. The first-order valence-corrected chi connectivity index (χ1v) is 13.4. The number of hydrogen-bond acceptors (Lipinski definition) is 4. The van der Waals surface area contributed by atoms with E-state index in [-0.39, 0.29) is 28.8 Å². The van der Waals surface area contributed by atoms with Gasteiger partial charge in [0.05, 0.1) is 11.1 Å². The molecule has 39 heavy (non-hydrogen) atoms. The minimum Gasteiger partial charge on any atom is -0.489 e. The van der Waals surface area contributed by atoms with Crippen LogP contribution in [-0.4, -0.2) is 27.1 Å². The zero-order valence-corrected chi connectivity index (χ0v) is 22.2. The molecule has 1 aliphatic rings. The largest absolute Gasteiger partial charge is 0.489 e. The van der Waals surface area contributed by atoms with Crippen LogP contribution in [0, 0.1) is 5.41 Å². The summed E-state index contributed by atoms with van der Waals surface area (Å²) < 4.78 is 5.94. The average molecular weight is 521 g/mol. The number of hydrogen-bond donors (Lipinski definition) is 3. The summed E-state index contributed by atoms with van der Waals surface area (Å²) in [5.41, 5.74) is 3.42. The summed E-state index contributed by atoms with van der Waals surface area (Å²) in [5.74, 6) is 0.859. The second-order valence-electron chi connectivity index (χ2n) is 11.2. The fourth-order valence-corrected chi connectivity index (χ4v) is 6.07. The number of nitrogens with one attached hydrogen (secondary N) is 3. The maximum Gasteiger partial charge on any atom is 0.272 e. The third-order valence-electron chi connectivity index (χ3n) is 7.89. The van der Waals surface area contributed by atoms with E-state index in [1.807, 2.05) is 78.9 Å². The second kappa shape index (κ2) is 10.1. The molecule has 3 aromatic carbocycles. The molecule has 0 bridgehead atoms. The Morgan fingerprint density at radius 1 is 1.05 bits per heavy atom. The molecule has 1 fully saturated rings. The van der Waals surface area contributed by atoms with Crippen LogP contribution in [0.5, 0.6) is 5.75 Å². The molecule has 6 rings (SSSR count). The quantitative estimate of drug-likeness (QED) is 0.231. The van der Waals surface area contributed by atoms with E-state index in [1.54, 1.807) is 0 Å². The number of aromatic amines is 2. The molecule has 0 saturated heterocycles. The summed E-state index contributed by atoms with van der Waals surface area (Å²) in [5, 5.41) is 12.8. The normalized spacial score (nSPS) is 19.5. The molecule has 2 heterocycles. The number of aromatic nitrogens is 3. The van der Waals surface area contributed by atoms with Crippen molar-refractivity contribution in [2.45, 2.75) is 51.7 Å². The number of nitrogens with zero attached hydrogens (tertiary/aromatic N) is 1. The van der Waals surface area contributed by atoms with Crippen molar-refractivity contribution in [1.29, 1.82) is 0 Å². The van der Waals surface area contributed by atoms with E-state index >= 15 is 0 Å². The van der Waals surface area contributed by atoms with Gasteiger partial charge < -0.3 is 15.0 Å². The molecule has 1 aliphatic carbocycles. The summed E-state index contributed by atoms with van der Waals surface area (Å²) in [6.07, 6.45) is 2.74. The third-order valence-corrected chi connectivity index (χ3v) is 7.89. The molecule has 5 aromatic rings. The van der Waals surface area contributed by atoms with Crippen molar-refractivity contribution in [2.75, 3.05) is 0 Å². The zero-order chi connectivity index (χ0) is 27.0. The number of carbonyl (C=O) groups is 1. The van der Waals surface area contributed by atoms with Crippen molar-refractivity contribution in [2.24, 2.45) is 5.41 Å². The van der Waals surface area contributed by atoms with Crippen molar-refractivity contribution in [3.63, 3.8) is 0 Å². The van der Waals surface area contributed by atoms with Crippen LogP contribution in [0.1, 0.15) is 60.8 Å². The number of fused-ring (bicyclic) bond motifs is 2. The van der Waals surface area contributed by atoms with Gasteiger partial charge in [-0.15, -0.1) is 0 Å². The first kappa shape index (κ1) is 24.9. The molecular formula is C32H32N4O3. The number of benzene rings is 3. The van der Waals surface area contributed by atoms with Crippen LogP contribution in [0.2, 0.25) is 0 Å². The highest BCUT2D eigenvalue weighted by Crippen LogP contribution is 2.47. The summed E-state index contributed by atoms with van der Waals surface area (Å²) in [6, 6.07) is 25.5. The van der Waals surface area contributed by atoms with Crippen molar-refractivity contribution in [1.82, 2.24) is 20.5 Å². The fraction of sp³-hybridized carbons (Fsp3) is 0.281. The van der Waals surface area contributed by atoms with Crippen molar-refractivity contribution in [3.8, 4) is 5.75 Å². The maximum absolute atomic E-state index is 13.0. The first-order chi connectivity index (χ1) is 18.9. The van der Waals surface area contributed by atoms with Gasteiger partial charge in [0, 0.05) is 28.2 Å². The lowest BCUT2D eigenvalue weighted by molar-refractivity contribution is 0.0674. The molecule has 1 saturated carbocycles. The van der Waals surface area contributed by atoms with Gasteiger partial charge in [-0.2, -0.15) is 5.10 Å². The minimum absolute atomic E-state index is 0.0913. The van der Waals surface area contributed by atoms with Gasteiger partial charge >= 0.3 is 0 Å². The molecule has 198 valence electrons. The van der Waals surface area contributed by atoms with Gasteiger partial charge in [-0.05, 0) is 60.6 Å². The van der Waals surface area contributed by atoms with Crippen LogP contribution in [-0.2, 0) is 6.61 Å². The van der Waals surface area contributed by atoms with Gasteiger partial charge in [-0.25, -0.2) is 5.10 Å². The molecule has 0 radical (unpaired) electrons. The van der Waals surface area contributed by atoms with E-state index in [2.05, 4.69) is 34.3 Å². The molecule has 1 atom stereocenters. The number of ether oxygens (including phenoxy) is 1. The van der Waals surface area contributed by atoms with Crippen LogP contribution in [0.4, 0.5) is 0 Å². The topological polar surface area (TPSA) is 99.9 Å². The smallest absolute Gasteiger partial charge is 0.272 e. The van der Waals surface area contributed by atoms with Gasteiger partial charge in [0.25, 0.3) is 11.5 Å². The van der Waals surface area contributed by atoms with Crippen LogP contribution in [0.3, 0.4) is 0 Å². The number of carbonyl (C=O) groups excluding carboxylic acids is 1. The van der Waals surface area contributed by atoms with Crippen LogP contribution >= 0.6 is 0 Å². The van der Waals surface area contributed by atoms with Gasteiger partial charge in [0.2, 0.25) is 0 Å². The Kier molecular flexibility index (Phi) is 6.43. The lowest BCUT2D eigenvalue weighted by Crippen LogP contribution is -2.50. The van der Waals surface area contributed by atoms with E-state index in [0.29, 0.717) is 17.7 Å². The van der Waals surface area contributed by atoms with E-state index in [1.165, 1.54) is 0 Å². The summed E-state index contributed by atoms with van der Waals surface area (Å²) in [7, 11) is 0. The van der Waals surface area contributed by atoms with E-state index in [0.717, 1.165) is 52.6 Å². The number of amides is 1. The van der Waals surface area contributed by atoms with Crippen LogP contribution in [0.25, 0.3) is 21.7 Å². The molecule has 0 spiro atoms. The summed E-state index contributed by atoms with van der Waals surface area (Å²) in [6.45, 7) is 4.92. The van der Waals surface area contributed by atoms with Crippen LogP contribution in [0.15, 0.2) is 83.7 Å². The second-order valence-corrected chi connectivity index (χ2v) is 11.2. The van der Waals surface area contributed by atoms with Gasteiger partial charge in [-0.3, -0.25) is 9.59 Å². The molecule has 7 nitrogen and oxygen atoms in total. The fourth-order valence-electron chi connectivity index (χ4n) is 6.07. The minimum atomic E-state index is -0.160. The molecular weight excluding hydrogens is 488 g/mol. The molecule has 0 aliphatic heterocycles. The van der Waals surface area contributed by atoms with Crippen molar-refractivity contribution in [3.05, 3.63) is 106 Å². The Morgan fingerprint density at radius 2 is 1.79 bits per heavy atom. The molecule has 3 N–H and O–H groups in total. The standard InChI is InChI=1S/C32H32N4O3/c1-20(29-25-10-6-7-11-26(25)30(37)36-35-29)16-32(2)17-23(18-32)33-31(38)28-15-22-14-24(12-13-27(22)34-28)39-19-21-8-4-3-5-9-21/h3-15,20,23,34H,16-19H2,1-2H3,(H,33,38)(H,36,37)/t20-,23?,32?/m0/s1. The highest BCUT2D eigenvalue weighted by molar-refractivity contribution is 5.98. The Balaban J connectivity index is 1.06. The lowest BCUT2D eigenvalue weighted by Gasteiger charge is -2.47. The van der Waals surface area contributed by atoms with E-state index in [4.69, 9.17) is 4.74 Å². The van der Waals surface area contributed by atoms with Crippen molar-refractivity contribution >= 4 is 27.6 Å². The van der Waals surface area contributed by atoms with E-state index in [9.17, 15) is 9.59 Å². The molecule has 1 amide bonds. The molecule has 2 aromatic heterocycles. The number of rotatable bonds is 8. The Hall–Kier alpha value is -4.39. The van der Waals surface area contributed by atoms with Crippen LogP contribution < -0.4 is 15.6 Å². The van der Waals surface area contributed by atoms with Crippen molar-refractivity contribution < 1.29 is 9.53 Å². The van der Waals surface area contributed by atoms with Gasteiger partial charge in [0.1, 0.15) is 18.1 Å². The Labute approximate surface area is 226 Å². The lowest BCUT2D eigenvalue weighted by atomic mass is 9.62. The van der Waals surface area contributed by atoms with Gasteiger partial charge in [0.15, 0.2) is 0 Å². The molecule has 7 heteroatoms. The molecule has 0 unspecified atom stereocenters. The highest BCUT2D eigenvalue weighted by atomic mass is 16.5. The highest BCUT2D eigenvalue weighted by Gasteiger charge is 2.42. The zero-order valence-electron chi connectivity index (χ0n) is 22.2. The number of H-pyrrole nitrogens is 2. The monoisotopic (exact) mass is 520 g/mol. The average Bonchev–Trinajstić information content (AvgIpc) is 3.36. The Morgan fingerprint density at radius 3 is 2.59 bits per heavy atom. The third kappa shape index (κ3) is 5.17.